The fraction of sp³-hybridized carbons (Fsp3) is 1.00. The first-order valence-corrected chi connectivity index (χ1v) is 10.5. The number of alkyl halides is 3. The second-order valence-corrected chi connectivity index (χ2v) is 11.9. The van der Waals surface area contributed by atoms with Gasteiger partial charge < -0.3 is 0 Å². The molecule has 1 fully saturated rings. The van der Waals surface area contributed by atoms with Crippen LogP contribution in [0.25, 0.3) is 0 Å². The van der Waals surface area contributed by atoms with Gasteiger partial charge in [0.1, 0.15) is 0 Å². The number of nitrogens with zero attached hydrogens (tertiary/aromatic N) is 1. The van der Waals surface area contributed by atoms with Gasteiger partial charge in [0.15, 0.2) is 0 Å². The van der Waals surface area contributed by atoms with Gasteiger partial charge in [0.05, 0.1) is 0 Å². The molecule has 0 bridgehead atoms. The van der Waals surface area contributed by atoms with E-state index in [4.69, 9.17) is 0 Å². The van der Waals surface area contributed by atoms with E-state index in [2.05, 4.69) is 10.9 Å². The maximum absolute atomic E-state index is 12.1. The van der Waals surface area contributed by atoms with E-state index in [1.165, 1.54) is 0 Å². The summed E-state index contributed by atoms with van der Waals surface area (Å²) < 4.78 is 63.3. The van der Waals surface area contributed by atoms with Crippen molar-refractivity contribution in [3.05, 3.63) is 0 Å². The Balaban J connectivity index is 2.50. The molecule has 18 heavy (non-hydrogen) atoms. The summed E-state index contributed by atoms with van der Waals surface area (Å²) in [6.45, 7) is 2.10. The molecule has 0 aromatic rings. The van der Waals surface area contributed by atoms with Gasteiger partial charge in [-0.2, -0.15) is 0 Å². The maximum atomic E-state index is 12.1. The van der Waals surface area contributed by atoms with E-state index in [9.17, 15) is 21.6 Å². The molecule has 0 N–H and O–H groups in total. The van der Waals surface area contributed by atoms with Crippen LogP contribution in [0.4, 0.5) is 13.2 Å². The summed E-state index contributed by atoms with van der Waals surface area (Å²) in [5.41, 5.74) is 0. The van der Waals surface area contributed by atoms with E-state index >= 15 is 0 Å². The Morgan fingerprint density at radius 1 is 1.28 bits per heavy atom. The fourth-order valence-electron chi connectivity index (χ4n) is 2.10. The normalized spacial score (nSPS) is 22.3. The van der Waals surface area contributed by atoms with Gasteiger partial charge in [-0.1, -0.05) is 0 Å². The van der Waals surface area contributed by atoms with Crippen LogP contribution in [-0.2, 0) is 14.4 Å². The summed E-state index contributed by atoms with van der Waals surface area (Å²) in [6.07, 6.45) is -0.0176. The topological polar surface area (TPSA) is 46.6 Å². The number of hydrogen-bond donors (Lipinski definition) is 0. The predicted molar refractivity (Wildman–Crippen MR) is 66.8 cm³/mol. The summed E-state index contributed by atoms with van der Waals surface area (Å²) in [5.74, 6) is -0.323. The van der Waals surface area contributed by atoms with Gasteiger partial charge in [-0.3, -0.25) is 0 Å². The van der Waals surface area contributed by atoms with Crippen molar-refractivity contribution in [3.8, 4) is 0 Å². The van der Waals surface area contributed by atoms with Crippen LogP contribution in [-0.4, -0.2) is 57.7 Å². The second kappa shape index (κ2) is 5.61. The van der Waals surface area contributed by atoms with Gasteiger partial charge in [0, 0.05) is 0 Å². The summed E-state index contributed by atoms with van der Waals surface area (Å²) in [4.78, 5) is 0. The second-order valence-electron chi connectivity index (χ2n) is 5.07. The molecular formula is C9H19F3NO3PS. The Labute approximate surface area is 106 Å². The summed E-state index contributed by atoms with van der Waals surface area (Å²) in [5, 5.41) is -0.569. The SMILES string of the molecule is CN(OS(=O)(=O)CC[PH]1(C)CCCC1)C(F)(F)F. The van der Waals surface area contributed by atoms with Crippen LogP contribution in [0.2, 0.25) is 0 Å². The van der Waals surface area contributed by atoms with Gasteiger partial charge >= 0.3 is 105 Å². The van der Waals surface area contributed by atoms with Crippen molar-refractivity contribution in [2.45, 2.75) is 19.1 Å². The summed E-state index contributed by atoms with van der Waals surface area (Å²) in [7, 11) is -5.15. The Bertz CT molecular complexity index is 379. The van der Waals surface area contributed by atoms with Crippen LogP contribution in [0.15, 0.2) is 0 Å². The molecule has 0 spiro atoms. The third kappa shape index (κ3) is 4.99. The van der Waals surface area contributed by atoms with Gasteiger partial charge in [0.25, 0.3) is 0 Å². The molecule has 0 radical (unpaired) electrons. The van der Waals surface area contributed by atoms with Gasteiger partial charge in [-0.15, -0.1) is 0 Å². The van der Waals surface area contributed by atoms with Crippen LogP contribution < -0.4 is 0 Å². The molecule has 1 heterocycles. The van der Waals surface area contributed by atoms with E-state index < -0.39 is 28.7 Å². The molecule has 4 nitrogen and oxygen atoms in total. The zero-order valence-electron chi connectivity index (χ0n) is 10.5. The van der Waals surface area contributed by atoms with Crippen LogP contribution in [0.1, 0.15) is 12.8 Å². The van der Waals surface area contributed by atoms with Crippen molar-refractivity contribution in [1.82, 2.24) is 5.06 Å². The molecule has 0 amide bonds. The molecule has 1 aliphatic rings. The van der Waals surface area contributed by atoms with Crippen molar-refractivity contribution in [1.29, 1.82) is 0 Å². The molecule has 0 aromatic heterocycles. The van der Waals surface area contributed by atoms with Gasteiger partial charge in [0.2, 0.25) is 0 Å². The molecule has 0 aromatic carbocycles. The van der Waals surface area contributed by atoms with Gasteiger partial charge in [-0.25, -0.2) is 0 Å². The molecule has 9 heteroatoms. The van der Waals surface area contributed by atoms with Crippen LogP contribution >= 0.6 is 7.26 Å². The van der Waals surface area contributed by atoms with Crippen molar-refractivity contribution in [2.75, 3.05) is 38.0 Å². The Morgan fingerprint density at radius 3 is 2.22 bits per heavy atom. The van der Waals surface area contributed by atoms with E-state index in [1.54, 1.807) is 0 Å². The van der Waals surface area contributed by atoms with Crippen molar-refractivity contribution >= 4 is 17.4 Å². The van der Waals surface area contributed by atoms with Crippen LogP contribution in [0.3, 0.4) is 0 Å². The van der Waals surface area contributed by atoms with Gasteiger partial charge in [-0.05, 0) is 0 Å². The molecule has 0 aliphatic carbocycles. The average molecular weight is 309 g/mol. The fourth-order valence-corrected chi connectivity index (χ4v) is 8.53. The van der Waals surface area contributed by atoms with Crippen LogP contribution in [0, 0.1) is 0 Å². The third-order valence-corrected chi connectivity index (χ3v) is 9.44. The van der Waals surface area contributed by atoms with E-state index in [0.29, 0.717) is 13.2 Å². The average Bonchev–Trinajstić information content (AvgIpc) is 2.61. The zero-order chi connectivity index (χ0) is 14.0. The van der Waals surface area contributed by atoms with E-state index in [1.807, 2.05) is 0 Å². The Hall–Kier alpha value is 0.0900. The quantitative estimate of drug-likeness (QED) is 0.442. The van der Waals surface area contributed by atoms with E-state index in [-0.39, 0.29) is 5.75 Å². The van der Waals surface area contributed by atoms with E-state index in [0.717, 1.165) is 25.2 Å². The zero-order valence-corrected chi connectivity index (χ0v) is 12.3. The number of hydroxylamine groups is 2. The number of hydrogen-bond acceptors (Lipinski definition) is 4. The molecule has 0 saturated carbocycles. The summed E-state index contributed by atoms with van der Waals surface area (Å²) >= 11 is 0. The Morgan fingerprint density at radius 2 is 1.78 bits per heavy atom. The number of rotatable bonds is 5. The van der Waals surface area contributed by atoms with Crippen molar-refractivity contribution in [3.63, 3.8) is 0 Å². The monoisotopic (exact) mass is 309 g/mol. The number of halogens is 3. The first kappa shape index (κ1) is 16.1. The molecular weight excluding hydrogens is 290 g/mol. The third-order valence-electron chi connectivity index (χ3n) is 3.35. The van der Waals surface area contributed by atoms with Crippen molar-refractivity contribution in [2.24, 2.45) is 0 Å². The van der Waals surface area contributed by atoms with Crippen LogP contribution in [0.5, 0.6) is 0 Å². The standard InChI is InChI=1S/C9H19F3NO3PS/c1-13(9(10,11)12)16-18(14,15)8-7-17(2)5-3-4-6-17/h17H,3-8H2,1-2H3. The molecule has 1 saturated heterocycles. The summed E-state index contributed by atoms with van der Waals surface area (Å²) in [6, 6.07) is 0. The predicted octanol–water partition coefficient (Wildman–Crippen LogP) is 1.87. The van der Waals surface area contributed by atoms with Crippen molar-refractivity contribution < 1.29 is 25.9 Å². The molecule has 0 unspecified atom stereocenters. The first-order chi connectivity index (χ1) is 8.04. The minimum atomic E-state index is -4.80. The molecule has 110 valence electrons. The Kier molecular flexibility index (Phi) is 5.03. The molecule has 1 rings (SSSR count). The molecule has 0 atom stereocenters. The molecule has 1 aliphatic heterocycles. The first-order valence-electron chi connectivity index (χ1n) is 5.77. The minimum absolute atomic E-state index is 0.323.